The fraction of sp³-hybridized carbons (Fsp3) is 0.143. The van der Waals surface area contributed by atoms with Crippen LogP contribution in [0, 0.1) is 0 Å². The van der Waals surface area contributed by atoms with Crippen molar-refractivity contribution in [2.75, 3.05) is 18.5 Å². The number of ether oxygens (including phenoxy) is 1. The Bertz CT molecular complexity index is 1180. The Morgan fingerprint density at radius 2 is 2.10 bits per heavy atom. The summed E-state index contributed by atoms with van der Waals surface area (Å²) in [5.74, 6) is 0.430. The number of fused-ring (bicyclic) bond motifs is 1. The normalized spacial score (nSPS) is 11.0. The minimum atomic E-state index is -0.247. The number of halogens is 1. The summed E-state index contributed by atoms with van der Waals surface area (Å²) in [6.07, 6.45) is 1.71. The van der Waals surface area contributed by atoms with E-state index < -0.39 is 0 Å². The van der Waals surface area contributed by atoms with Crippen molar-refractivity contribution in [1.29, 1.82) is 0 Å². The fourth-order valence-electron chi connectivity index (χ4n) is 3.09. The molecule has 6 nitrogen and oxygen atoms in total. The Hall–Kier alpha value is -2.87. The molecule has 1 amide bonds. The monoisotopic (exact) mass is 426 g/mol. The molecule has 148 valence electrons. The van der Waals surface area contributed by atoms with Crippen LogP contribution in [0.3, 0.4) is 0 Å². The van der Waals surface area contributed by atoms with Crippen molar-refractivity contribution in [1.82, 2.24) is 9.78 Å². The number of amides is 1. The van der Waals surface area contributed by atoms with Gasteiger partial charge in [0.25, 0.3) is 5.91 Å². The van der Waals surface area contributed by atoms with Gasteiger partial charge in [-0.25, -0.2) is 0 Å². The van der Waals surface area contributed by atoms with E-state index in [1.807, 2.05) is 49.5 Å². The number of carbonyl (C=O) groups excluding carboxylic acids is 1. The van der Waals surface area contributed by atoms with Gasteiger partial charge in [-0.3, -0.25) is 9.48 Å². The van der Waals surface area contributed by atoms with Gasteiger partial charge in [-0.05, 0) is 30.3 Å². The molecule has 2 aromatic heterocycles. The first-order valence-corrected chi connectivity index (χ1v) is 10.2. The predicted octanol–water partition coefficient (Wildman–Crippen LogP) is 4.55. The number of thiophene rings is 1. The molecule has 0 spiro atoms. The van der Waals surface area contributed by atoms with Crippen molar-refractivity contribution in [2.45, 2.75) is 0 Å². The maximum absolute atomic E-state index is 12.9. The largest absolute Gasteiger partial charge is 0.492 e. The number of nitrogens with two attached hydrogens (primary N) is 1. The minimum Gasteiger partial charge on any atom is -0.492 e. The van der Waals surface area contributed by atoms with Crippen LogP contribution in [0.25, 0.3) is 21.3 Å². The molecule has 2 aromatic carbocycles. The Morgan fingerprint density at radius 3 is 2.83 bits per heavy atom. The molecule has 4 aromatic rings. The topological polar surface area (TPSA) is 82.2 Å². The quantitative estimate of drug-likeness (QED) is 0.474. The Labute approximate surface area is 176 Å². The summed E-state index contributed by atoms with van der Waals surface area (Å²) in [5.41, 5.74) is 7.90. The zero-order valence-electron chi connectivity index (χ0n) is 15.7. The Kier molecular flexibility index (Phi) is 5.53. The smallest absolute Gasteiger partial charge is 0.267 e. The number of aryl methyl sites for hydroxylation is 1. The van der Waals surface area contributed by atoms with Crippen LogP contribution in [-0.4, -0.2) is 28.8 Å². The van der Waals surface area contributed by atoms with E-state index in [9.17, 15) is 4.79 Å². The molecule has 0 aliphatic carbocycles. The van der Waals surface area contributed by atoms with E-state index in [0.717, 1.165) is 21.3 Å². The molecule has 0 radical (unpaired) electrons. The third kappa shape index (κ3) is 3.85. The second kappa shape index (κ2) is 8.24. The van der Waals surface area contributed by atoms with Crippen LogP contribution < -0.4 is 15.8 Å². The molecular weight excluding hydrogens is 408 g/mol. The van der Waals surface area contributed by atoms with Gasteiger partial charge in [0.2, 0.25) is 0 Å². The highest BCUT2D eigenvalue weighted by atomic mass is 35.5. The Morgan fingerprint density at radius 1 is 1.28 bits per heavy atom. The highest BCUT2D eigenvalue weighted by molar-refractivity contribution is 7.21. The molecule has 0 bridgehead atoms. The summed E-state index contributed by atoms with van der Waals surface area (Å²) in [6.45, 7) is 0.807. The average Bonchev–Trinajstić information content (AvgIpc) is 3.30. The van der Waals surface area contributed by atoms with Crippen molar-refractivity contribution >= 4 is 44.6 Å². The molecule has 2 heterocycles. The number of rotatable bonds is 6. The van der Waals surface area contributed by atoms with Crippen LogP contribution in [0.5, 0.6) is 5.75 Å². The molecular formula is C21H19ClN4O2S. The van der Waals surface area contributed by atoms with Gasteiger partial charge in [0, 0.05) is 41.1 Å². The number of hydrogen-bond acceptors (Lipinski definition) is 5. The van der Waals surface area contributed by atoms with E-state index in [1.165, 1.54) is 11.3 Å². The molecule has 0 atom stereocenters. The lowest BCUT2D eigenvalue weighted by atomic mass is 10.1. The Balaban J connectivity index is 1.67. The molecule has 3 N–H and O–H groups in total. The van der Waals surface area contributed by atoms with Crippen LogP contribution in [-0.2, 0) is 7.05 Å². The number of anilines is 1. The van der Waals surface area contributed by atoms with Gasteiger partial charge in [0.05, 0.1) is 10.7 Å². The van der Waals surface area contributed by atoms with Gasteiger partial charge in [-0.1, -0.05) is 29.8 Å². The second-order valence-electron chi connectivity index (χ2n) is 6.38. The number of benzene rings is 2. The number of nitrogens with zero attached hydrogens (tertiary/aromatic N) is 2. The lowest BCUT2D eigenvalue weighted by Gasteiger charge is -2.13. The first kappa shape index (κ1) is 19.4. The minimum absolute atomic E-state index is 0.247. The highest BCUT2D eigenvalue weighted by Crippen LogP contribution is 2.36. The van der Waals surface area contributed by atoms with E-state index in [2.05, 4.69) is 10.4 Å². The van der Waals surface area contributed by atoms with E-state index in [1.54, 1.807) is 16.9 Å². The van der Waals surface area contributed by atoms with Crippen molar-refractivity contribution in [3.63, 3.8) is 0 Å². The molecule has 29 heavy (non-hydrogen) atoms. The summed E-state index contributed by atoms with van der Waals surface area (Å²) in [5, 5.41) is 8.51. The van der Waals surface area contributed by atoms with E-state index in [0.29, 0.717) is 34.5 Å². The number of carbonyl (C=O) groups is 1. The van der Waals surface area contributed by atoms with Crippen LogP contribution in [0.1, 0.15) is 9.67 Å². The predicted molar refractivity (Wildman–Crippen MR) is 118 cm³/mol. The standard InChI is InChI=1S/C21H19ClN4O2S/c1-26-16(8-10-24-26)15-12-13(6-7-17(15)28-11-9-23)25-21(27)20-19(22)14-4-2-3-5-18(14)29-20/h2-8,10,12H,9,11,23H2,1H3,(H,25,27). The molecule has 0 aliphatic rings. The summed E-state index contributed by atoms with van der Waals surface area (Å²) < 4.78 is 8.50. The summed E-state index contributed by atoms with van der Waals surface area (Å²) in [7, 11) is 1.85. The molecule has 0 saturated carbocycles. The number of hydrogen-bond donors (Lipinski definition) is 2. The van der Waals surface area contributed by atoms with Gasteiger partial charge in [0.1, 0.15) is 17.2 Å². The summed E-state index contributed by atoms with van der Waals surface area (Å²) in [4.78, 5) is 13.4. The van der Waals surface area contributed by atoms with Crippen LogP contribution >= 0.6 is 22.9 Å². The van der Waals surface area contributed by atoms with Crippen LogP contribution in [0.4, 0.5) is 5.69 Å². The molecule has 4 rings (SSSR count). The molecule has 0 unspecified atom stereocenters. The third-order valence-corrected chi connectivity index (χ3v) is 6.13. The fourth-order valence-corrected chi connectivity index (χ4v) is 4.50. The number of nitrogens with one attached hydrogen (secondary N) is 1. The van der Waals surface area contributed by atoms with Gasteiger partial charge in [-0.2, -0.15) is 5.10 Å². The second-order valence-corrected chi connectivity index (χ2v) is 7.81. The van der Waals surface area contributed by atoms with Crippen molar-refractivity contribution in [3.8, 4) is 17.0 Å². The van der Waals surface area contributed by atoms with Gasteiger partial charge < -0.3 is 15.8 Å². The first-order chi connectivity index (χ1) is 14.1. The molecule has 8 heteroatoms. The lowest BCUT2D eigenvalue weighted by molar-refractivity contribution is 0.103. The zero-order chi connectivity index (χ0) is 20.4. The lowest BCUT2D eigenvalue weighted by Crippen LogP contribution is -2.13. The average molecular weight is 427 g/mol. The maximum atomic E-state index is 12.9. The van der Waals surface area contributed by atoms with Crippen molar-refractivity contribution in [2.24, 2.45) is 12.8 Å². The maximum Gasteiger partial charge on any atom is 0.267 e. The molecule has 0 aliphatic heterocycles. The van der Waals surface area contributed by atoms with Gasteiger partial charge in [-0.15, -0.1) is 11.3 Å². The van der Waals surface area contributed by atoms with E-state index in [-0.39, 0.29) is 5.91 Å². The van der Waals surface area contributed by atoms with E-state index >= 15 is 0 Å². The van der Waals surface area contributed by atoms with Crippen molar-refractivity contribution in [3.05, 3.63) is 64.6 Å². The van der Waals surface area contributed by atoms with Crippen LogP contribution in [0.2, 0.25) is 5.02 Å². The third-order valence-electron chi connectivity index (χ3n) is 4.45. The van der Waals surface area contributed by atoms with E-state index in [4.69, 9.17) is 22.1 Å². The SMILES string of the molecule is Cn1nccc1-c1cc(NC(=O)c2sc3ccccc3c2Cl)ccc1OCCN. The molecule has 0 fully saturated rings. The summed E-state index contributed by atoms with van der Waals surface area (Å²) in [6, 6.07) is 15.1. The highest BCUT2D eigenvalue weighted by Gasteiger charge is 2.18. The first-order valence-electron chi connectivity index (χ1n) is 9.02. The summed E-state index contributed by atoms with van der Waals surface area (Å²) >= 11 is 7.81. The molecule has 0 saturated heterocycles. The van der Waals surface area contributed by atoms with Crippen LogP contribution in [0.15, 0.2) is 54.7 Å². The zero-order valence-corrected chi connectivity index (χ0v) is 17.3. The van der Waals surface area contributed by atoms with Crippen molar-refractivity contribution < 1.29 is 9.53 Å². The van der Waals surface area contributed by atoms with Gasteiger partial charge >= 0.3 is 0 Å². The number of aromatic nitrogens is 2. The van der Waals surface area contributed by atoms with Gasteiger partial charge in [0.15, 0.2) is 0 Å².